The minimum atomic E-state index is 1.02. The van der Waals surface area contributed by atoms with Gasteiger partial charge in [0.2, 0.25) is 0 Å². The molecule has 0 radical (unpaired) electrons. The third-order valence-electron chi connectivity index (χ3n) is 2.95. The third kappa shape index (κ3) is 8.07. The van der Waals surface area contributed by atoms with E-state index in [0.29, 0.717) is 0 Å². The Kier molecular flexibility index (Phi) is 16.8. The van der Waals surface area contributed by atoms with E-state index in [0.717, 1.165) is 11.8 Å². The van der Waals surface area contributed by atoms with Gasteiger partial charge in [0.25, 0.3) is 0 Å². The molecule has 0 unspecified atom stereocenters. The molecule has 0 nitrogen and oxygen atoms in total. The molecular weight excluding hydrogens is 283 g/mol. The van der Waals surface area contributed by atoms with Crippen molar-refractivity contribution in [2.24, 2.45) is 11.8 Å². The van der Waals surface area contributed by atoms with Crippen molar-refractivity contribution in [1.82, 2.24) is 0 Å². The fourth-order valence-electron chi connectivity index (χ4n) is 2.19. The fourth-order valence-corrected chi connectivity index (χ4v) is 2.19. The maximum Gasteiger partial charge on any atom is -0.0121 e. The van der Waals surface area contributed by atoms with Gasteiger partial charge < -0.3 is 0 Å². The summed E-state index contributed by atoms with van der Waals surface area (Å²) in [6.45, 7) is 8.74. The van der Waals surface area contributed by atoms with E-state index in [1.165, 1.54) is 38.5 Å². The molecule has 1 aliphatic rings. The largest absolute Gasteiger partial charge is 0.0901 e. The van der Waals surface area contributed by atoms with Crippen molar-refractivity contribution in [2.45, 2.75) is 66.2 Å². The quantitative estimate of drug-likeness (QED) is 0.454. The Morgan fingerprint density at radius 1 is 1.07 bits per heavy atom. The number of hydrogen-bond donors (Lipinski definition) is 0. The van der Waals surface area contributed by atoms with Gasteiger partial charge in [-0.3, -0.25) is 0 Å². The van der Waals surface area contributed by atoms with Crippen molar-refractivity contribution < 1.29 is 0 Å². The molecule has 0 bridgehead atoms. The summed E-state index contributed by atoms with van der Waals surface area (Å²) in [7, 11) is 0. The summed E-state index contributed by atoms with van der Waals surface area (Å²) in [5.74, 6) is 2.09. The zero-order chi connectivity index (χ0) is 11.4. The third-order valence-corrected chi connectivity index (χ3v) is 2.95. The lowest BCUT2D eigenvalue weighted by Crippen LogP contribution is -2.15. The fraction of sp³-hybridized carbons (Fsp3) is 1.00. The highest BCUT2D eigenvalue weighted by atomic mass is 127. The van der Waals surface area contributed by atoms with Gasteiger partial charge in [-0.05, 0) is 16.8 Å². The average Bonchev–Trinajstić information content (AvgIpc) is 2.28. The molecule has 1 heteroatoms. The molecule has 0 amide bonds. The topological polar surface area (TPSA) is 0 Å². The van der Waals surface area contributed by atoms with Crippen LogP contribution in [0.25, 0.3) is 0 Å². The first-order chi connectivity index (χ1) is 6.84. The van der Waals surface area contributed by atoms with Crippen LogP contribution in [-0.4, -0.2) is 4.93 Å². The van der Waals surface area contributed by atoms with Crippen LogP contribution in [0.15, 0.2) is 0 Å². The zero-order valence-corrected chi connectivity index (χ0v) is 12.9. The van der Waals surface area contributed by atoms with Gasteiger partial charge >= 0.3 is 0 Å². The molecule has 0 N–H and O–H groups in total. The highest BCUT2D eigenvalue weighted by Gasteiger charge is 2.19. The van der Waals surface area contributed by atoms with Crippen molar-refractivity contribution in [3.8, 4) is 0 Å². The first-order valence-electron chi connectivity index (χ1n) is 6.22. The summed E-state index contributed by atoms with van der Waals surface area (Å²) >= 11 is 2.15. The number of halogens is 1. The molecule has 2 atom stereocenters. The highest BCUT2D eigenvalue weighted by Crippen LogP contribution is 2.32. The standard InChI is InChI=1S/C10H20.C2H6.CH3I/c1-3-6-10-8-5-4-7-9(10)2;2*1-2/h9-10H,3-8H2,1-2H3;1-2H3;1H3/t9-,10-;;/m0../s1. The van der Waals surface area contributed by atoms with Crippen LogP contribution in [0, 0.1) is 11.8 Å². The maximum absolute atomic E-state index is 2.43. The van der Waals surface area contributed by atoms with E-state index in [4.69, 9.17) is 0 Å². The van der Waals surface area contributed by atoms with Gasteiger partial charge in [-0.1, -0.05) is 88.8 Å². The molecular formula is C13H29I. The molecule has 0 aromatic carbocycles. The Balaban J connectivity index is 0. The zero-order valence-electron chi connectivity index (χ0n) is 10.8. The monoisotopic (exact) mass is 312 g/mol. The number of rotatable bonds is 2. The lowest BCUT2D eigenvalue weighted by atomic mass is 9.78. The average molecular weight is 312 g/mol. The molecule has 1 rings (SSSR count). The van der Waals surface area contributed by atoms with Crippen LogP contribution in [0.4, 0.5) is 0 Å². The minimum Gasteiger partial charge on any atom is -0.0901 e. The second-order valence-corrected chi connectivity index (χ2v) is 3.81. The Morgan fingerprint density at radius 3 is 2.00 bits per heavy atom. The number of alkyl halides is 1. The molecule has 0 heterocycles. The second kappa shape index (κ2) is 13.7. The summed E-state index contributed by atoms with van der Waals surface area (Å²) in [6, 6.07) is 0. The normalized spacial score (nSPS) is 25.3. The van der Waals surface area contributed by atoms with E-state index >= 15 is 0 Å². The van der Waals surface area contributed by atoms with Gasteiger partial charge in [0, 0.05) is 0 Å². The van der Waals surface area contributed by atoms with E-state index in [2.05, 4.69) is 36.4 Å². The first kappa shape index (κ1) is 17.1. The first-order valence-corrected chi connectivity index (χ1v) is 8.38. The van der Waals surface area contributed by atoms with Crippen LogP contribution in [0.3, 0.4) is 0 Å². The predicted molar refractivity (Wildman–Crippen MR) is 77.3 cm³/mol. The van der Waals surface area contributed by atoms with Gasteiger partial charge in [0.05, 0.1) is 0 Å². The van der Waals surface area contributed by atoms with Gasteiger partial charge in [-0.25, -0.2) is 0 Å². The van der Waals surface area contributed by atoms with Crippen molar-refractivity contribution >= 4 is 22.6 Å². The van der Waals surface area contributed by atoms with Gasteiger partial charge in [0.1, 0.15) is 0 Å². The van der Waals surface area contributed by atoms with Crippen LogP contribution in [0.2, 0.25) is 0 Å². The van der Waals surface area contributed by atoms with Crippen LogP contribution in [-0.2, 0) is 0 Å². The highest BCUT2D eigenvalue weighted by molar-refractivity contribution is 14.1. The lowest BCUT2D eigenvalue weighted by Gasteiger charge is -2.28. The molecule has 0 aromatic heterocycles. The molecule has 0 spiro atoms. The van der Waals surface area contributed by atoms with Crippen LogP contribution < -0.4 is 0 Å². The van der Waals surface area contributed by atoms with Crippen LogP contribution in [0.1, 0.15) is 66.2 Å². The smallest absolute Gasteiger partial charge is 0.0121 e. The molecule has 1 saturated carbocycles. The van der Waals surface area contributed by atoms with E-state index < -0.39 is 0 Å². The van der Waals surface area contributed by atoms with E-state index in [1.807, 2.05) is 18.8 Å². The van der Waals surface area contributed by atoms with Crippen molar-refractivity contribution in [1.29, 1.82) is 0 Å². The Hall–Kier alpha value is 0.730. The van der Waals surface area contributed by atoms with Gasteiger partial charge in [-0.2, -0.15) is 0 Å². The summed E-state index contributed by atoms with van der Waals surface area (Å²) in [5.41, 5.74) is 0. The van der Waals surface area contributed by atoms with Crippen LogP contribution >= 0.6 is 22.6 Å². The predicted octanol–water partition coefficient (Wildman–Crippen LogP) is 5.69. The van der Waals surface area contributed by atoms with Gasteiger partial charge in [0.15, 0.2) is 0 Å². The van der Waals surface area contributed by atoms with Crippen LogP contribution in [0.5, 0.6) is 0 Å². The van der Waals surface area contributed by atoms with Crippen molar-refractivity contribution in [2.75, 3.05) is 4.93 Å². The Morgan fingerprint density at radius 2 is 1.57 bits per heavy atom. The molecule has 0 aromatic rings. The van der Waals surface area contributed by atoms with Crippen molar-refractivity contribution in [3.05, 3.63) is 0 Å². The van der Waals surface area contributed by atoms with E-state index in [9.17, 15) is 0 Å². The second-order valence-electron chi connectivity index (χ2n) is 3.81. The van der Waals surface area contributed by atoms with E-state index in [-0.39, 0.29) is 0 Å². The summed E-state index contributed by atoms with van der Waals surface area (Å²) in [6.07, 6.45) is 8.84. The summed E-state index contributed by atoms with van der Waals surface area (Å²) in [4.78, 5) is 1.97. The summed E-state index contributed by atoms with van der Waals surface area (Å²) < 4.78 is 0. The molecule has 88 valence electrons. The lowest BCUT2D eigenvalue weighted by molar-refractivity contribution is 0.240. The molecule has 14 heavy (non-hydrogen) atoms. The Labute approximate surface area is 105 Å². The SMILES string of the molecule is CC.CCC[C@H]1CCCC[C@@H]1C.CI. The molecule has 1 aliphatic carbocycles. The van der Waals surface area contributed by atoms with Gasteiger partial charge in [-0.15, -0.1) is 0 Å². The molecule has 1 fully saturated rings. The van der Waals surface area contributed by atoms with Crippen molar-refractivity contribution in [3.63, 3.8) is 0 Å². The van der Waals surface area contributed by atoms with E-state index in [1.54, 1.807) is 0 Å². The Bertz CT molecular complexity index is 89.2. The molecule has 0 aliphatic heterocycles. The molecule has 0 saturated heterocycles. The number of hydrogen-bond acceptors (Lipinski definition) is 0. The maximum atomic E-state index is 2.43. The summed E-state index contributed by atoms with van der Waals surface area (Å²) in [5, 5.41) is 0. The minimum absolute atomic E-state index is 1.02.